The molecule has 2 rings (SSSR count). The third kappa shape index (κ3) is 4.49. The van der Waals surface area contributed by atoms with Crippen LogP contribution in [-0.2, 0) is 11.2 Å². The van der Waals surface area contributed by atoms with Crippen molar-refractivity contribution in [3.05, 3.63) is 53.8 Å². The smallest absolute Gasteiger partial charge is 0.234 e. The van der Waals surface area contributed by atoms with E-state index in [1.165, 1.54) is 35.5 Å². The summed E-state index contributed by atoms with van der Waals surface area (Å²) in [5, 5.41) is 2.80. The minimum Gasteiger partial charge on any atom is -0.398 e. The maximum absolute atomic E-state index is 13.1. The molecule has 0 spiro atoms. The molecule has 0 radical (unpaired) electrons. The summed E-state index contributed by atoms with van der Waals surface area (Å²) in [4.78, 5) is 12.4. The Morgan fingerprint density at radius 1 is 1.24 bits per heavy atom. The van der Waals surface area contributed by atoms with Crippen LogP contribution >= 0.6 is 11.8 Å². The standard InChI is InChI=1S/C16H17FN2OS/c1-2-11-3-6-13(7-4-11)19-16(20)10-21-15-9-12(17)5-8-14(15)18/h3-9H,2,10,18H2,1H3,(H,19,20). The molecule has 0 unspecified atom stereocenters. The second kappa shape index (κ2) is 7.13. The number of benzene rings is 2. The van der Waals surface area contributed by atoms with E-state index in [-0.39, 0.29) is 17.5 Å². The summed E-state index contributed by atoms with van der Waals surface area (Å²) in [5.74, 6) is -0.321. The van der Waals surface area contributed by atoms with Crippen LogP contribution in [0.1, 0.15) is 12.5 Å². The molecule has 0 aliphatic rings. The average Bonchev–Trinajstić information content (AvgIpc) is 2.49. The number of carbonyl (C=O) groups excluding carboxylic acids is 1. The Hall–Kier alpha value is -2.01. The van der Waals surface area contributed by atoms with Crippen LogP contribution in [0, 0.1) is 5.82 Å². The van der Waals surface area contributed by atoms with Gasteiger partial charge >= 0.3 is 0 Å². The number of rotatable bonds is 5. The highest BCUT2D eigenvalue weighted by atomic mass is 32.2. The van der Waals surface area contributed by atoms with E-state index in [1.807, 2.05) is 24.3 Å². The molecule has 5 heteroatoms. The number of thioether (sulfide) groups is 1. The number of nitrogens with two attached hydrogens (primary N) is 1. The summed E-state index contributed by atoms with van der Waals surface area (Å²) in [6.07, 6.45) is 0.961. The van der Waals surface area contributed by atoms with Crippen molar-refractivity contribution < 1.29 is 9.18 Å². The molecule has 0 aromatic heterocycles. The van der Waals surface area contributed by atoms with E-state index in [0.29, 0.717) is 10.6 Å². The van der Waals surface area contributed by atoms with Gasteiger partial charge in [-0.2, -0.15) is 0 Å². The normalized spacial score (nSPS) is 10.4. The molecule has 3 nitrogen and oxygen atoms in total. The molecule has 2 aromatic carbocycles. The van der Waals surface area contributed by atoms with Gasteiger partial charge in [-0.05, 0) is 42.3 Å². The summed E-state index contributed by atoms with van der Waals surface area (Å²) in [5.41, 5.74) is 8.19. The average molecular weight is 304 g/mol. The van der Waals surface area contributed by atoms with Gasteiger partial charge in [0.15, 0.2) is 0 Å². The molecule has 0 saturated carbocycles. The SMILES string of the molecule is CCc1ccc(NC(=O)CSc2cc(F)ccc2N)cc1. The number of nitrogen functional groups attached to an aromatic ring is 1. The molecule has 0 fully saturated rings. The number of hydrogen-bond donors (Lipinski definition) is 2. The van der Waals surface area contributed by atoms with Crippen LogP contribution in [-0.4, -0.2) is 11.7 Å². The molecule has 0 atom stereocenters. The molecule has 21 heavy (non-hydrogen) atoms. The fraction of sp³-hybridized carbons (Fsp3) is 0.188. The Morgan fingerprint density at radius 2 is 1.95 bits per heavy atom. The van der Waals surface area contributed by atoms with Crippen molar-refractivity contribution in [1.29, 1.82) is 0 Å². The molecule has 0 aliphatic carbocycles. The number of amides is 1. The Balaban J connectivity index is 1.91. The highest BCUT2D eigenvalue weighted by Gasteiger charge is 2.07. The van der Waals surface area contributed by atoms with Gasteiger partial charge in [-0.25, -0.2) is 4.39 Å². The van der Waals surface area contributed by atoms with Crippen molar-refractivity contribution in [3.8, 4) is 0 Å². The molecular formula is C16H17FN2OS. The molecule has 3 N–H and O–H groups in total. The second-order valence-corrected chi connectivity index (χ2v) is 5.59. The van der Waals surface area contributed by atoms with Gasteiger partial charge in [0.1, 0.15) is 5.82 Å². The minimum atomic E-state index is -0.359. The van der Waals surface area contributed by atoms with E-state index < -0.39 is 0 Å². The first-order valence-electron chi connectivity index (χ1n) is 6.65. The quantitative estimate of drug-likeness (QED) is 0.654. The van der Waals surface area contributed by atoms with Crippen molar-refractivity contribution in [2.45, 2.75) is 18.2 Å². The first kappa shape index (κ1) is 15.4. The van der Waals surface area contributed by atoms with Crippen LogP contribution in [0.2, 0.25) is 0 Å². The highest BCUT2D eigenvalue weighted by Crippen LogP contribution is 2.25. The Labute approximate surface area is 127 Å². The van der Waals surface area contributed by atoms with E-state index in [0.717, 1.165) is 12.1 Å². The molecule has 0 saturated heterocycles. The minimum absolute atomic E-state index is 0.145. The van der Waals surface area contributed by atoms with Crippen LogP contribution in [0.4, 0.5) is 15.8 Å². The predicted molar refractivity (Wildman–Crippen MR) is 86.0 cm³/mol. The van der Waals surface area contributed by atoms with Crippen LogP contribution in [0.15, 0.2) is 47.4 Å². The largest absolute Gasteiger partial charge is 0.398 e. The van der Waals surface area contributed by atoms with E-state index in [1.54, 1.807) is 0 Å². The van der Waals surface area contributed by atoms with Crippen molar-refractivity contribution in [2.75, 3.05) is 16.8 Å². The number of hydrogen-bond acceptors (Lipinski definition) is 3. The van der Waals surface area contributed by atoms with Crippen LogP contribution in [0.25, 0.3) is 0 Å². The van der Waals surface area contributed by atoms with Gasteiger partial charge in [-0.1, -0.05) is 19.1 Å². The fourth-order valence-corrected chi connectivity index (χ4v) is 2.59. The molecule has 0 heterocycles. The number of anilines is 2. The zero-order valence-electron chi connectivity index (χ0n) is 11.7. The molecule has 0 bridgehead atoms. The second-order valence-electron chi connectivity index (χ2n) is 4.57. The van der Waals surface area contributed by atoms with Crippen molar-refractivity contribution >= 4 is 29.0 Å². The van der Waals surface area contributed by atoms with E-state index in [9.17, 15) is 9.18 Å². The monoisotopic (exact) mass is 304 g/mol. The molecule has 1 amide bonds. The lowest BCUT2D eigenvalue weighted by molar-refractivity contribution is -0.113. The molecular weight excluding hydrogens is 287 g/mol. The number of aryl methyl sites for hydroxylation is 1. The molecule has 2 aromatic rings. The first-order chi connectivity index (χ1) is 10.1. The van der Waals surface area contributed by atoms with Crippen LogP contribution < -0.4 is 11.1 Å². The van der Waals surface area contributed by atoms with Crippen molar-refractivity contribution in [1.82, 2.24) is 0 Å². The summed E-state index contributed by atoms with van der Waals surface area (Å²) in [6.45, 7) is 2.08. The lowest BCUT2D eigenvalue weighted by atomic mass is 10.1. The zero-order chi connectivity index (χ0) is 15.2. The van der Waals surface area contributed by atoms with Gasteiger partial charge in [-0.15, -0.1) is 11.8 Å². The molecule has 110 valence electrons. The Kier molecular flexibility index (Phi) is 5.22. The highest BCUT2D eigenvalue weighted by molar-refractivity contribution is 8.00. The third-order valence-corrected chi connectivity index (χ3v) is 4.05. The lowest BCUT2D eigenvalue weighted by Crippen LogP contribution is -2.14. The fourth-order valence-electron chi connectivity index (χ4n) is 1.80. The maximum atomic E-state index is 13.1. The van der Waals surface area contributed by atoms with Gasteiger partial charge in [0, 0.05) is 16.3 Å². The van der Waals surface area contributed by atoms with Crippen molar-refractivity contribution in [3.63, 3.8) is 0 Å². The third-order valence-electron chi connectivity index (χ3n) is 2.98. The molecule has 0 aliphatic heterocycles. The maximum Gasteiger partial charge on any atom is 0.234 e. The first-order valence-corrected chi connectivity index (χ1v) is 7.63. The summed E-state index contributed by atoms with van der Waals surface area (Å²) in [7, 11) is 0. The van der Waals surface area contributed by atoms with Crippen LogP contribution in [0.3, 0.4) is 0 Å². The van der Waals surface area contributed by atoms with Gasteiger partial charge < -0.3 is 11.1 Å². The lowest BCUT2D eigenvalue weighted by Gasteiger charge is -2.07. The van der Waals surface area contributed by atoms with Crippen molar-refractivity contribution in [2.24, 2.45) is 0 Å². The van der Waals surface area contributed by atoms with Gasteiger partial charge in [-0.3, -0.25) is 4.79 Å². The number of nitrogens with one attached hydrogen (secondary N) is 1. The van der Waals surface area contributed by atoms with Gasteiger partial charge in [0.25, 0.3) is 0 Å². The summed E-state index contributed by atoms with van der Waals surface area (Å²) < 4.78 is 13.1. The van der Waals surface area contributed by atoms with Gasteiger partial charge in [0.05, 0.1) is 5.75 Å². The number of halogens is 1. The zero-order valence-corrected chi connectivity index (χ0v) is 12.5. The van der Waals surface area contributed by atoms with Gasteiger partial charge in [0.2, 0.25) is 5.91 Å². The number of carbonyl (C=O) groups is 1. The summed E-state index contributed by atoms with van der Waals surface area (Å²) >= 11 is 1.22. The van der Waals surface area contributed by atoms with E-state index in [2.05, 4.69) is 12.2 Å². The predicted octanol–water partition coefficient (Wildman–Crippen LogP) is 3.70. The van der Waals surface area contributed by atoms with Crippen LogP contribution in [0.5, 0.6) is 0 Å². The van der Waals surface area contributed by atoms with E-state index in [4.69, 9.17) is 5.73 Å². The Bertz CT molecular complexity index is 629. The van der Waals surface area contributed by atoms with E-state index >= 15 is 0 Å². The summed E-state index contributed by atoms with van der Waals surface area (Å²) in [6, 6.07) is 11.8. The topological polar surface area (TPSA) is 55.1 Å². The Morgan fingerprint density at radius 3 is 2.62 bits per heavy atom.